The van der Waals surface area contributed by atoms with Crippen molar-refractivity contribution in [3.05, 3.63) is 90.5 Å². The Balaban J connectivity index is 1.78. The molecule has 3 rings (SSSR count). The molecule has 0 aliphatic carbocycles. The summed E-state index contributed by atoms with van der Waals surface area (Å²) < 4.78 is 18.3. The van der Waals surface area contributed by atoms with Gasteiger partial charge in [-0.15, -0.1) is 0 Å². The van der Waals surface area contributed by atoms with Crippen molar-refractivity contribution in [2.45, 2.75) is 71.8 Å². The molecule has 0 amide bonds. The van der Waals surface area contributed by atoms with Crippen LogP contribution in [0.2, 0.25) is 0 Å². The van der Waals surface area contributed by atoms with E-state index in [4.69, 9.17) is 14.2 Å². The van der Waals surface area contributed by atoms with E-state index in [-0.39, 0.29) is 11.9 Å². The van der Waals surface area contributed by atoms with Crippen LogP contribution in [0.15, 0.2) is 79.4 Å². The lowest BCUT2D eigenvalue weighted by atomic mass is 10.0. The molecule has 1 heterocycles. The highest BCUT2D eigenvalue weighted by Gasteiger charge is 2.32. The monoisotopic (exact) mass is 563 g/mol. The van der Waals surface area contributed by atoms with Crippen molar-refractivity contribution in [2.24, 2.45) is 5.92 Å². The van der Waals surface area contributed by atoms with Gasteiger partial charge in [0.2, 0.25) is 0 Å². The summed E-state index contributed by atoms with van der Waals surface area (Å²) in [5.74, 6) is 0.751. The van der Waals surface area contributed by atoms with Gasteiger partial charge in [0, 0.05) is 45.3 Å². The summed E-state index contributed by atoms with van der Waals surface area (Å²) in [6, 6.07) is 17.8. The molecule has 1 aliphatic rings. The SMILES string of the molecule is C=C(OCc1ccccc1)[C@@H](Cc1ccc(N2CCNCC2)cc1)OC(=O)[C@H](CC(C)C)N(C)C(=C)OC(C)(C)C. The van der Waals surface area contributed by atoms with E-state index in [1.807, 2.05) is 58.2 Å². The highest BCUT2D eigenvalue weighted by Crippen LogP contribution is 2.24. The Morgan fingerprint density at radius 1 is 1.00 bits per heavy atom. The summed E-state index contributed by atoms with van der Waals surface area (Å²) in [6.07, 6.45) is 0.389. The molecule has 1 fully saturated rings. The number of hydrogen-bond acceptors (Lipinski definition) is 7. The third kappa shape index (κ3) is 10.5. The Kier molecular flexibility index (Phi) is 11.7. The van der Waals surface area contributed by atoms with Gasteiger partial charge in [-0.1, -0.05) is 62.9 Å². The topological polar surface area (TPSA) is 63.3 Å². The van der Waals surface area contributed by atoms with Crippen LogP contribution in [0.25, 0.3) is 0 Å². The minimum atomic E-state index is -0.656. The van der Waals surface area contributed by atoms with Crippen LogP contribution in [0, 0.1) is 5.92 Å². The molecule has 1 aliphatic heterocycles. The van der Waals surface area contributed by atoms with Crippen LogP contribution in [0.1, 0.15) is 52.2 Å². The first-order chi connectivity index (χ1) is 19.4. The molecule has 0 bridgehead atoms. The Morgan fingerprint density at radius 3 is 2.22 bits per heavy atom. The van der Waals surface area contributed by atoms with Crippen molar-refractivity contribution in [3.63, 3.8) is 0 Å². The van der Waals surface area contributed by atoms with Crippen LogP contribution in [0.4, 0.5) is 5.69 Å². The van der Waals surface area contributed by atoms with Gasteiger partial charge >= 0.3 is 5.97 Å². The number of piperazine rings is 1. The summed E-state index contributed by atoms with van der Waals surface area (Å²) in [4.78, 5) is 17.9. The lowest BCUT2D eigenvalue weighted by Gasteiger charge is -2.34. The fourth-order valence-corrected chi connectivity index (χ4v) is 4.72. The maximum Gasteiger partial charge on any atom is 0.329 e. The molecule has 1 N–H and O–H groups in total. The molecule has 7 nitrogen and oxygen atoms in total. The Labute approximate surface area is 247 Å². The highest BCUT2D eigenvalue weighted by atomic mass is 16.6. The van der Waals surface area contributed by atoms with Gasteiger partial charge in [0.1, 0.15) is 24.0 Å². The minimum Gasteiger partial charge on any atom is -0.490 e. The van der Waals surface area contributed by atoms with Gasteiger partial charge in [-0.3, -0.25) is 0 Å². The number of nitrogens with one attached hydrogen (secondary N) is 1. The predicted octanol–water partition coefficient (Wildman–Crippen LogP) is 5.91. The van der Waals surface area contributed by atoms with E-state index in [1.165, 1.54) is 5.69 Å². The van der Waals surface area contributed by atoms with E-state index in [2.05, 4.69) is 61.5 Å². The normalized spacial score (nSPS) is 15.1. The number of benzene rings is 2. The van der Waals surface area contributed by atoms with Gasteiger partial charge in [-0.25, -0.2) is 4.79 Å². The molecular formula is C34H49N3O4. The average molecular weight is 564 g/mol. The van der Waals surface area contributed by atoms with Crippen LogP contribution in [0.5, 0.6) is 0 Å². The fraction of sp³-hybridized carbons (Fsp3) is 0.500. The van der Waals surface area contributed by atoms with Crippen LogP contribution in [0.3, 0.4) is 0 Å². The molecule has 0 unspecified atom stereocenters. The van der Waals surface area contributed by atoms with Gasteiger partial charge in [-0.05, 0) is 62.9 Å². The molecule has 1 saturated heterocycles. The third-order valence-corrected chi connectivity index (χ3v) is 6.98. The lowest BCUT2D eigenvalue weighted by molar-refractivity contribution is -0.157. The summed E-state index contributed by atoms with van der Waals surface area (Å²) in [5, 5.41) is 3.39. The first-order valence-electron chi connectivity index (χ1n) is 14.6. The fourth-order valence-electron chi connectivity index (χ4n) is 4.72. The van der Waals surface area contributed by atoms with Gasteiger partial charge in [0.25, 0.3) is 0 Å². The van der Waals surface area contributed by atoms with Crippen molar-refractivity contribution in [3.8, 4) is 0 Å². The van der Waals surface area contributed by atoms with Gasteiger partial charge in [0.15, 0.2) is 12.0 Å². The van der Waals surface area contributed by atoms with E-state index in [9.17, 15) is 4.79 Å². The summed E-state index contributed by atoms with van der Waals surface area (Å²) in [7, 11) is 1.83. The molecule has 0 radical (unpaired) electrons. The van der Waals surface area contributed by atoms with Crippen molar-refractivity contribution in [1.82, 2.24) is 10.2 Å². The molecular weight excluding hydrogens is 514 g/mol. The van der Waals surface area contributed by atoms with E-state index in [0.29, 0.717) is 31.1 Å². The number of carbonyl (C=O) groups excluding carboxylic acids is 1. The number of nitrogens with zero attached hydrogens (tertiary/aromatic N) is 2. The second-order valence-corrected chi connectivity index (χ2v) is 12.1. The molecule has 224 valence electrons. The number of carbonyl (C=O) groups is 1. The van der Waals surface area contributed by atoms with E-state index >= 15 is 0 Å². The van der Waals surface area contributed by atoms with E-state index in [1.54, 1.807) is 4.90 Å². The standard InChI is InChI=1S/C34H49N3O4/c1-25(2)22-31(36(8)27(4)41-34(5,6)7)33(38)40-32(26(3)39-24-29-12-10-9-11-13-29)23-28-14-16-30(17-15-28)37-20-18-35-19-21-37/h9-17,25,31-32,35H,3-4,18-24H2,1-2,5-8H3/t31-,32+/m0/s1. The maximum absolute atomic E-state index is 13.8. The summed E-state index contributed by atoms with van der Waals surface area (Å²) >= 11 is 0. The van der Waals surface area contributed by atoms with Gasteiger partial charge < -0.3 is 29.3 Å². The molecule has 0 saturated carbocycles. The zero-order valence-electron chi connectivity index (χ0n) is 25.8. The second kappa shape index (κ2) is 15.0. The summed E-state index contributed by atoms with van der Waals surface area (Å²) in [6.45, 7) is 22.6. The van der Waals surface area contributed by atoms with Crippen LogP contribution in [-0.4, -0.2) is 61.8 Å². The Hall–Kier alpha value is -3.45. The van der Waals surface area contributed by atoms with Crippen molar-refractivity contribution in [1.29, 1.82) is 0 Å². The highest BCUT2D eigenvalue weighted by molar-refractivity contribution is 5.76. The van der Waals surface area contributed by atoms with Crippen molar-refractivity contribution in [2.75, 3.05) is 38.1 Å². The van der Waals surface area contributed by atoms with Crippen LogP contribution in [-0.2, 0) is 32.0 Å². The zero-order valence-corrected chi connectivity index (χ0v) is 25.8. The smallest absolute Gasteiger partial charge is 0.329 e. The molecule has 41 heavy (non-hydrogen) atoms. The third-order valence-electron chi connectivity index (χ3n) is 6.98. The average Bonchev–Trinajstić information content (AvgIpc) is 2.94. The number of esters is 1. The van der Waals surface area contributed by atoms with Crippen LogP contribution >= 0.6 is 0 Å². The molecule has 0 aromatic heterocycles. The van der Waals surface area contributed by atoms with Gasteiger partial charge in [0.05, 0.1) is 0 Å². The van der Waals surface area contributed by atoms with Crippen molar-refractivity contribution < 1.29 is 19.0 Å². The Morgan fingerprint density at radius 2 is 1.63 bits per heavy atom. The molecule has 0 spiro atoms. The number of likely N-dealkylation sites (N-methyl/N-ethyl adjacent to an activating group) is 1. The quantitative estimate of drug-likeness (QED) is 0.226. The summed E-state index contributed by atoms with van der Waals surface area (Å²) in [5.41, 5.74) is 2.82. The first-order valence-corrected chi connectivity index (χ1v) is 14.6. The zero-order chi connectivity index (χ0) is 30.0. The molecule has 2 atom stereocenters. The first kappa shape index (κ1) is 32.1. The molecule has 7 heteroatoms. The predicted molar refractivity (Wildman–Crippen MR) is 166 cm³/mol. The van der Waals surface area contributed by atoms with Crippen molar-refractivity contribution >= 4 is 11.7 Å². The van der Waals surface area contributed by atoms with Crippen LogP contribution < -0.4 is 10.2 Å². The number of anilines is 1. The van der Waals surface area contributed by atoms with Gasteiger partial charge in [-0.2, -0.15) is 0 Å². The largest absolute Gasteiger partial charge is 0.490 e. The van der Waals surface area contributed by atoms with E-state index < -0.39 is 17.7 Å². The molecule has 2 aromatic carbocycles. The number of ether oxygens (including phenoxy) is 3. The minimum absolute atomic E-state index is 0.256. The lowest BCUT2D eigenvalue weighted by Crippen LogP contribution is -2.43. The number of hydrogen-bond donors (Lipinski definition) is 1. The number of rotatable bonds is 14. The maximum atomic E-state index is 13.8. The Bertz CT molecular complexity index is 1120. The second-order valence-electron chi connectivity index (χ2n) is 12.1. The molecule has 2 aromatic rings. The van der Waals surface area contributed by atoms with E-state index in [0.717, 1.165) is 37.3 Å².